The number of carbonyl (C=O) groups is 1. The van der Waals surface area contributed by atoms with Crippen molar-refractivity contribution in [3.05, 3.63) is 29.3 Å². The van der Waals surface area contributed by atoms with Crippen LogP contribution in [0.1, 0.15) is 64.5 Å². The molecule has 0 spiro atoms. The van der Waals surface area contributed by atoms with Crippen molar-refractivity contribution in [2.24, 2.45) is 0 Å². The summed E-state index contributed by atoms with van der Waals surface area (Å²) < 4.78 is 0. The fraction of sp³-hybridized carbons (Fsp3) is 0.611. The summed E-state index contributed by atoms with van der Waals surface area (Å²) in [6, 6.07) is 6.42. The van der Waals surface area contributed by atoms with Crippen LogP contribution < -0.4 is 5.32 Å². The van der Waals surface area contributed by atoms with Crippen LogP contribution in [0.3, 0.4) is 0 Å². The normalized spacial score (nSPS) is 11.0. The molecule has 0 radical (unpaired) electrons. The molecule has 3 nitrogen and oxygen atoms in total. The first-order chi connectivity index (χ1) is 9.92. The summed E-state index contributed by atoms with van der Waals surface area (Å²) in [4.78, 5) is 14.1. The summed E-state index contributed by atoms with van der Waals surface area (Å²) in [5.41, 5.74) is 3.71. The summed E-state index contributed by atoms with van der Waals surface area (Å²) in [7, 11) is 0. The van der Waals surface area contributed by atoms with E-state index in [0.29, 0.717) is 18.4 Å². The Kier molecular flexibility index (Phi) is 6.73. The van der Waals surface area contributed by atoms with Crippen LogP contribution >= 0.6 is 0 Å². The van der Waals surface area contributed by atoms with Gasteiger partial charge in [-0.25, -0.2) is 0 Å². The van der Waals surface area contributed by atoms with Crippen molar-refractivity contribution in [1.29, 1.82) is 0 Å². The van der Waals surface area contributed by atoms with Crippen molar-refractivity contribution in [3.63, 3.8) is 0 Å². The summed E-state index contributed by atoms with van der Waals surface area (Å²) in [6.45, 7) is 14.7. The summed E-state index contributed by atoms with van der Waals surface area (Å²) in [6.07, 6.45) is 0. The Morgan fingerprint density at radius 1 is 1.05 bits per heavy atom. The first-order valence-electron chi connectivity index (χ1n) is 8.06. The van der Waals surface area contributed by atoms with Crippen LogP contribution in [-0.2, 0) is 4.79 Å². The quantitative estimate of drug-likeness (QED) is 0.815. The lowest BCUT2D eigenvalue weighted by Crippen LogP contribution is -2.35. The molecule has 1 N–H and O–H groups in total. The maximum Gasteiger partial charge on any atom is 0.241 e. The Morgan fingerprint density at radius 3 is 1.90 bits per heavy atom. The van der Waals surface area contributed by atoms with Gasteiger partial charge in [-0.1, -0.05) is 45.9 Å². The second kappa shape index (κ2) is 8.06. The van der Waals surface area contributed by atoms with E-state index in [1.165, 1.54) is 11.1 Å². The van der Waals surface area contributed by atoms with Crippen LogP contribution in [-0.4, -0.2) is 30.4 Å². The third-order valence-electron chi connectivity index (χ3n) is 3.91. The number of para-hydroxylation sites is 1. The molecule has 21 heavy (non-hydrogen) atoms. The van der Waals surface area contributed by atoms with Crippen molar-refractivity contribution >= 4 is 11.6 Å². The molecule has 1 aromatic carbocycles. The SMILES string of the molecule is CCN(CC)C(=O)CNc1c(C(C)C)cccc1C(C)C. The predicted molar refractivity (Wildman–Crippen MR) is 91.0 cm³/mol. The smallest absolute Gasteiger partial charge is 0.241 e. The molecule has 0 atom stereocenters. The average molecular weight is 290 g/mol. The number of amides is 1. The highest BCUT2D eigenvalue weighted by Crippen LogP contribution is 2.32. The van der Waals surface area contributed by atoms with Gasteiger partial charge in [0.25, 0.3) is 0 Å². The van der Waals surface area contributed by atoms with Crippen molar-refractivity contribution in [3.8, 4) is 0 Å². The third-order valence-corrected chi connectivity index (χ3v) is 3.91. The molecule has 1 amide bonds. The van der Waals surface area contributed by atoms with Gasteiger partial charge in [-0.2, -0.15) is 0 Å². The maximum atomic E-state index is 12.2. The van der Waals surface area contributed by atoms with Crippen molar-refractivity contribution in [2.45, 2.75) is 53.4 Å². The van der Waals surface area contributed by atoms with E-state index in [-0.39, 0.29) is 5.91 Å². The van der Waals surface area contributed by atoms with Crippen LogP contribution in [0.15, 0.2) is 18.2 Å². The third kappa shape index (κ3) is 4.48. The molecule has 1 aromatic rings. The molecule has 1 rings (SSSR count). The minimum absolute atomic E-state index is 0.160. The Hall–Kier alpha value is -1.51. The Bertz CT molecular complexity index is 436. The molecular weight excluding hydrogens is 260 g/mol. The van der Waals surface area contributed by atoms with Gasteiger partial charge in [-0.3, -0.25) is 4.79 Å². The maximum absolute atomic E-state index is 12.2. The number of benzene rings is 1. The standard InChI is InChI=1S/C18H30N2O/c1-7-20(8-2)17(21)12-19-18-15(13(3)4)10-9-11-16(18)14(5)6/h9-11,13-14,19H,7-8,12H2,1-6H3. The molecule has 0 aliphatic rings. The number of rotatable bonds is 7. The summed E-state index contributed by atoms with van der Waals surface area (Å²) >= 11 is 0. The van der Waals surface area contributed by atoms with Crippen molar-refractivity contribution in [1.82, 2.24) is 4.90 Å². The van der Waals surface area contributed by atoms with E-state index < -0.39 is 0 Å². The Morgan fingerprint density at radius 2 is 1.52 bits per heavy atom. The number of anilines is 1. The zero-order valence-corrected chi connectivity index (χ0v) is 14.4. The number of nitrogens with zero attached hydrogens (tertiary/aromatic N) is 1. The van der Waals surface area contributed by atoms with Gasteiger partial charge < -0.3 is 10.2 Å². The number of hydrogen-bond acceptors (Lipinski definition) is 2. The Labute approximate surface area is 129 Å². The van der Waals surface area contributed by atoms with E-state index in [1.54, 1.807) is 0 Å². The van der Waals surface area contributed by atoms with E-state index in [9.17, 15) is 4.79 Å². The van der Waals surface area contributed by atoms with Crippen LogP contribution in [0.5, 0.6) is 0 Å². The van der Waals surface area contributed by atoms with Gasteiger partial charge in [0, 0.05) is 18.8 Å². The van der Waals surface area contributed by atoms with Crippen LogP contribution in [0.25, 0.3) is 0 Å². The lowest BCUT2D eigenvalue weighted by molar-refractivity contribution is -0.128. The summed E-state index contributed by atoms with van der Waals surface area (Å²) in [5.74, 6) is 1.04. The predicted octanol–water partition coefficient (Wildman–Crippen LogP) is 4.21. The molecule has 118 valence electrons. The fourth-order valence-electron chi connectivity index (χ4n) is 2.61. The first kappa shape index (κ1) is 17.5. The zero-order valence-electron chi connectivity index (χ0n) is 14.4. The fourth-order valence-corrected chi connectivity index (χ4v) is 2.61. The molecule has 0 aromatic heterocycles. The highest BCUT2D eigenvalue weighted by Gasteiger charge is 2.15. The monoisotopic (exact) mass is 290 g/mol. The highest BCUT2D eigenvalue weighted by atomic mass is 16.2. The van der Waals surface area contributed by atoms with E-state index in [1.807, 2.05) is 18.7 Å². The van der Waals surface area contributed by atoms with Gasteiger partial charge in [-0.15, -0.1) is 0 Å². The lowest BCUT2D eigenvalue weighted by atomic mass is 9.92. The number of likely N-dealkylation sites (N-methyl/N-ethyl adjacent to an activating group) is 1. The van der Waals surface area contributed by atoms with E-state index in [4.69, 9.17) is 0 Å². The van der Waals surface area contributed by atoms with Gasteiger partial charge in [0.2, 0.25) is 5.91 Å². The van der Waals surface area contributed by atoms with Crippen molar-refractivity contribution < 1.29 is 4.79 Å². The molecule has 0 bridgehead atoms. The Balaban J connectivity index is 2.98. The van der Waals surface area contributed by atoms with Crippen LogP contribution in [0.2, 0.25) is 0 Å². The second-order valence-electron chi connectivity index (χ2n) is 6.04. The number of hydrogen-bond donors (Lipinski definition) is 1. The van der Waals surface area contributed by atoms with Crippen LogP contribution in [0, 0.1) is 0 Å². The zero-order chi connectivity index (χ0) is 16.0. The van der Waals surface area contributed by atoms with Gasteiger partial charge in [0.15, 0.2) is 0 Å². The topological polar surface area (TPSA) is 32.3 Å². The minimum atomic E-state index is 0.160. The molecule has 0 fully saturated rings. The largest absolute Gasteiger partial charge is 0.376 e. The highest BCUT2D eigenvalue weighted by molar-refractivity contribution is 5.81. The molecule has 0 heterocycles. The first-order valence-corrected chi connectivity index (χ1v) is 8.06. The van der Waals surface area contributed by atoms with Crippen LogP contribution in [0.4, 0.5) is 5.69 Å². The number of carbonyl (C=O) groups excluding carboxylic acids is 1. The molecule has 0 aliphatic carbocycles. The van der Waals surface area contributed by atoms with Crippen molar-refractivity contribution in [2.75, 3.05) is 25.0 Å². The van der Waals surface area contributed by atoms with Gasteiger partial charge >= 0.3 is 0 Å². The molecule has 0 unspecified atom stereocenters. The minimum Gasteiger partial charge on any atom is -0.376 e. The lowest BCUT2D eigenvalue weighted by Gasteiger charge is -2.23. The van der Waals surface area contributed by atoms with E-state index in [0.717, 1.165) is 18.8 Å². The van der Waals surface area contributed by atoms with E-state index in [2.05, 4.69) is 51.2 Å². The molecule has 3 heteroatoms. The molecule has 0 saturated heterocycles. The van der Waals surface area contributed by atoms with Gasteiger partial charge in [0.05, 0.1) is 6.54 Å². The van der Waals surface area contributed by atoms with Gasteiger partial charge in [-0.05, 0) is 36.8 Å². The molecular formula is C18H30N2O. The average Bonchev–Trinajstić information content (AvgIpc) is 2.45. The van der Waals surface area contributed by atoms with Gasteiger partial charge in [0.1, 0.15) is 0 Å². The number of nitrogens with one attached hydrogen (secondary N) is 1. The summed E-state index contributed by atoms with van der Waals surface area (Å²) in [5, 5.41) is 3.40. The molecule has 0 saturated carbocycles. The second-order valence-corrected chi connectivity index (χ2v) is 6.04. The molecule has 0 aliphatic heterocycles. The van der Waals surface area contributed by atoms with E-state index >= 15 is 0 Å².